The van der Waals surface area contributed by atoms with E-state index in [4.69, 9.17) is 9.97 Å². The van der Waals surface area contributed by atoms with Crippen LogP contribution < -0.4 is 26.2 Å². The Kier molecular flexibility index (Phi) is 14.3. The minimum Gasteiger partial charge on any atom is -0.311 e. The molecule has 17 aromatic carbocycles. The molecule has 0 fully saturated rings. The molecule has 4 nitrogen and oxygen atoms in total. The summed E-state index contributed by atoms with van der Waals surface area (Å²) in [7, 11) is 0. The molecule has 2 aliphatic heterocycles. The second-order valence-electron chi connectivity index (χ2n) is 27.2. The van der Waals surface area contributed by atoms with Crippen molar-refractivity contribution in [2.45, 2.75) is 0 Å². The third kappa shape index (κ3) is 10.6. The van der Waals surface area contributed by atoms with Crippen LogP contribution in [0.2, 0.25) is 0 Å². The van der Waals surface area contributed by atoms with E-state index in [1.807, 2.05) is 0 Å². The van der Waals surface area contributed by atoms with Gasteiger partial charge in [0.1, 0.15) is 0 Å². The van der Waals surface area contributed by atoms with E-state index >= 15 is 0 Å². The topological polar surface area (TPSA) is 32.3 Å². The Labute approximate surface area is 599 Å². The highest BCUT2D eigenvalue weighted by molar-refractivity contribution is 7.00. The summed E-state index contributed by atoms with van der Waals surface area (Å²) < 4.78 is 0. The zero-order valence-corrected chi connectivity index (χ0v) is 56.2. The number of fused-ring (bicyclic) bond motifs is 10. The van der Waals surface area contributed by atoms with Crippen molar-refractivity contribution >= 4 is 100 Å². The monoisotopic (exact) mass is 1310 g/mol. The van der Waals surface area contributed by atoms with E-state index in [9.17, 15) is 0 Å². The van der Waals surface area contributed by atoms with E-state index < -0.39 is 0 Å². The van der Waals surface area contributed by atoms with Crippen LogP contribution in [-0.4, -0.2) is 16.7 Å². The van der Waals surface area contributed by atoms with E-state index in [2.05, 4.69) is 392 Å². The molecule has 0 saturated carbocycles. The van der Waals surface area contributed by atoms with Crippen molar-refractivity contribution in [2.75, 3.05) is 9.80 Å². The first-order valence-electron chi connectivity index (χ1n) is 35.4. The van der Waals surface area contributed by atoms with Gasteiger partial charge in [-0.1, -0.05) is 291 Å². The maximum atomic E-state index is 5.97. The number of hydrogen-bond acceptors (Lipinski definition) is 4. The smallest absolute Gasteiger partial charge is 0.252 e. The van der Waals surface area contributed by atoms with Crippen LogP contribution in [0.4, 0.5) is 34.1 Å². The van der Waals surface area contributed by atoms with Crippen molar-refractivity contribution in [1.82, 2.24) is 9.97 Å². The maximum absolute atomic E-state index is 5.97. The summed E-state index contributed by atoms with van der Waals surface area (Å²) in [5.41, 5.74) is 28.1. The first kappa shape index (κ1) is 59.6. The Morgan fingerprint density at radius 3 is 0.874 bits per heavy atom. The van der Waals surface area contributed by atoms with Gasteiger partial charge in [0, 0.05) is 50.8 Å². The molecule has 0 saturated heterocycles. The average Bonchev–Trinajstić information content (AvgIpc) is 0.688. The normalized spacial score (nSPS) is 12.2. The van der Waals surface area contributed by atoms with Crippen LogP contribution in [0.3, 0.4) is 0 Å². The van der Waals surface area contributed by atoms with Crippen LogP contribution in [-0.2, 0) is 0 Å². The number of aromatic nitrogens is 2. The molecule has 0 N–H and O–H groups in total. The number of anilines is 6. The lowest BCUT2D eigenvalue weighted by atomic mass is 9.33. The van der Waals surface area contributed by atoms with E-state index in [0.29, 0.717) is 5.82 Å². The maximum Gasteiger partial charge on any atom is 0.252 e. The van der Waals surface area contributed by atoms with Gasteiger partial charge in [0.05, 0.1) is 11.4 Å². The minimum atomic E-state index is -0.207. The van der Waals surface area contributed by atoms with Crippen LogP contribution in [0.25, 0.3) is 144 Å². The van der Waals surface area contributed by atoms with E-state index in [1.165, 1.54) is 70.6 Å². The molecule has 0 atom stereocenters. The van der Waals surface area contributed by atoms with Crippen LogP contribution in [0.5, 0.6) is 0 Å². The molecular formula is C98H63BN4. The van der Waals surface area contributed by atoms with Gasteiger partial charge in [-0.2, -0.15) is 0 Å². The molecular weight excluding hydrogens is 1240 g/mol. The van der Waals surface area contributed by atoms with Gasteiger partial charge < -0.3 is 9.80 Å². The van der Waals surface area contributed by atoms with E-state index in [-0.39, 0.29) is 6.71 Å². The van der Waals surface area contributed by atoms with Gasteiger partial charge in [-0.15, -0.1) is 0 Å². The van der Waals surface area contributed by atoms with Crippen LogP contribution in [0, 0.1) is 0 Å². The molecule has 3 heterocycles. The Bertz CT molecular complexity index is 5830. The van der Waals surface area contributed by atoms with Crippen molar-refractivity contribution < 1.29 is 0 Å². The van der Waals surface area contributed by atoms with Crippen LogP contribution in [0.15, 0.2) is 382 Å². The highest BCUT2D eigenvalue weighted by Gasteiger charge is 2.44. The summed E-state index contributed by atoms with van der Waals surface area (Å²) in [4.78, 5) is 16.9. The van der Waals surface area contributed by atoms with Gasteiger partial charge in [0.2, 0.25) is 0 Å². The number of nitrogens with zero attached hydrogens (tertiary/aromatic N) is 4. The van der Waals surface area contributed by atoms with Gasteiger partial charge in [-0.05, 0) is 217 Å². The molecule has 18 aromatic rings. The molecule has 0 radical (unpaired) electrons. The predicted octanol–water partition coefficient (Wildman–Crippen LogP) is 24.2. The first-order chi connectivity index (χ1) is 51.0. The van der Waals surface area contributed by atoms with Gasteiger partial charge in [-0.25, -0.2) is 9.97 Å². The molecule has 5 heteroatoms. The highest BCUT2D eigenvalue weighted by atomic mass is 15.2. The lowest BCUT2D eigenvalue weighted by molar-refractivity contribution is 1.18. The second-order valence-corrected chi connectivity index (χ2v) is 27.2. The van der Waals surface area contributed by atoms with Gasteiger partial charge in [0.25, 0.3) is 6.71 Å². The summed E-state index contributed by atoms with van der Waals surface area (Å²) in [5.74, 6) is 0.618. The Hall–Kier alpha value is -13.5. The standard InChI is InChI=1S/C98H63BN4/c1-7-23-64(24-8-1)70-43-47-83(48-44-70)102-93-61-87-74(41-39-72-35-19-21-37-85(72)87)57-89(93)99-90-58-75-42-40-73-36-20-22-38-86(73)88(75)62-94(90)103(84-49-45-71(46-50-84)65-25-9-2-10-26-65)96-60-81(59-95(102)97(96)99)92-63-91(80-53-76(66-27-11-3-12-28-66)51-77(54-80)67-29-13-4-14-30-67)100-98(101-92)82-55-78(68-31-15-5-16-32-68)52-79(56-82)69-33-17-6-18-34-69/h1-63H. The average molecular weight is 1310 g/mol. The zero-order valence-electron chi connectivity index (χ0n) is 56.2. The number of benzene rings is 17. The van der Waals surface area contributed by atoms with Gasteiger partial charge in [0.15, 0.2) is 5.82 Å². The molecule has 1 aromatic heterocycles. The first-order valence-corrected chi connectivity index (χ1v) is 35.4. The largest absolute Gasteiger partial charge is 0.311 e. The van der Waals surface area contributed by atoms with Crippen LogP contribution >= 0.6 is 0 Å². The number of hydrogen-bond donors (Lipinski definition) is 0. The van der Waals surface area contributed by atoms with E-state index in [1.54, 1.807) is 0 Å². The lowest BCUT2D eigenvalue weighted by Crippen LogP contribution is -2.61. The molecule has 0 aliphatic carbocycles. The van der Waals surface area contributed by atoms with Gasteiger partial charge >= 0.3 is 0 Å². The fraction of sp³-hybridized carbons (Fsp3) is 0. The third-order valence-electron chi connectivity index (χ3n) is 21.1. The minimum absolute atomic E-state index is 0.207. The summed E-state index contributed by atoms with van der Waals surface area (Å²) in [6.45, 7) is -0.207. The van der Waals surface area contributed by atoms with Crippen LogP contribution in [0.1, 0.15) is 0 Å². The second kappa shape index (κ2) is 24.8. The molecule has 2 aliphatic rings. The summed E-state index contributed by atoms with van der Waals surface area (Å²) in [6.07, 6.45) is 0. The SMILES string of the molecule is c1ccc(-c2ccc(N3c4cc5c(ccc6ccccc65)cc4B4c5cc6ccc7ccccc7c6cc5N(c5ccc(-c6ccccc6)cc5)c5cc(-c6cc(-c7cc(-c8ccccc8)cc(-c8ccccc8)c7)nc(-c7cc(-c8ccccc8)cc(-c8ccccc8)c7)n6)cc3c54)cc2)cc1. The third-order valence-corrected chi connectivity index (χ3v) is 21.1. The number of rotatable bonds is 11. The van der Waals surface area contributed by atoms with Crippen molar-refractivity contribution in [2.24, 2.45) is 0 Å². The Balaban J connectivity index is 0.910. The highest BCUT2D eigenvalue weighted by Crippen LogP contribution is 2.50. The fourth-order valence-electron chi connectivity index (χ4n) is 16.2. The van der Waals surface area contributed by atoms with Gasteiger partial charge in [-0.3, -0.25) is 0 Å². The Morgan fingerprint density at radius 1 is 0.194 bits per heavy atom. The molecule has 0 amide bonds. The van der Waals surface area contributed by atoms with Crippen molar-refractivity contribution in [3.8, 4) is 101 Å². The van der Waals surface area contributed by atoms with Crippen molar-refractivity contribution in [3.05, 3.63) is 382 Å². The molecule has 0 spiro atoms. The molecule has 103 heavy (non-hydrogen) atoms. The summed E-state index contributed by atoms with van der Waals surface area (Å²) in [5, 5.41) is 9.65. The zero-order chi connectivity index (χ0) is 67.9. The Morgan fingerprint density at radius 2 is 0.495 bits per heavy atom. The van der Waals surface area contributed by atoms with E-state index in [0.717, 1.165) is 118 Å². The lowest BCUT2D eigenvalue weighted by Gasteiger charge is -2.44. The summed E-state index contributed by atoms with van der Waals surface area (Å²) >= 11 is 0. The molecule has 0 bridgehead atoms. The molecule has 20 rings (SSSR count). The quantitative estimate of drug-likeness (QED) is 0.0954. The predicted molar refractivity (Wildman–Crippen MR) is 435 cm³/mol. The summed E-state index contributed by atoms with van der Waals surface area (Å²) in [6, 6.07) is 141. The van der Waals surface area contributed by atoms with Crippen molar-refractivity contribution in [1.29, 1.82) is 0 Å². The molecule has 478 valence electrons. The fourth-order valence-corrected chi connectivity index (χ4v) is 16.2. The molecule has 0 unspecified atom stereocenters. The van der Waals surface area contributed by atoms with Crippen molar-refractivity contribution in [3.63, 3.8) is 0 Å².